The summed E-state index contributed by atoms with van der Waals surface area (Å²) >= 11 is -0.168. The molecule has 0 saturated carbocycles. The van der Waals surface area contributed by atoms with E-state index in [4.69, 9.17) is 0 Å². The van der Waals surface area contributed by atoms with Crippen molar-refractivity contribution in [3.05, 3.63) is 11.8 Å². The number of hydrogen-bond donors (Lipinski definition) is 0. The molecule has 0 spiro atoms. The van der Waals surface area contributed by atoms with E-state index in [2.05, 4.69) is 5.10 Å². The molecule has 0 bridgehead atoms. The van der Waals surface area contributed by atoms with Crippen molar-refractivity contribution in [1.82, 2.24) is 9.78 Å². The standard InChI is InChI=1S/C6H5F5N2S/c1-3-2-12-13(6(9,10)11)4(3)14-5(7)8/h2,5H,1H3. The maximum Gasteiger partial charge on any atom is 0.505 e. The van der Waals surface area contributed by atoms with Crippen LogP contribution in [-0.2, 0) is 6.30 Å². The van der Waals surface area contributed by atoms with Crippen LogP contribution in [0.25, 0.3) is 0 Å². The van der Waals surface area contributed by atoms with Gasteiger partial charge in [0.2, 0.25) is 0 Å². The SMILES string of the molecule is Cc1cnn(C(F)(F)F)c1SC(F)F. The van der Waals surface area contributed by atoms with Gasteiger partial charge in [-0.25, -0.2) is 0 Å². The molecule has 0 N–H and O–H groups in total. The largest absolute Gasteiger partial charge is 0.505 e. The van der Waals surface area contributed by atoms with Crippen LogP contribution < -0.4 is 0 Å². The Balaban J connectivity index is 3.06. The highest BCUT2D eigenvalue weighted by atomic mass is 32.2. The molecule has 1 heterocycles. The third-order valence-corrected chi connectivity index (χ3v) is 2.23. The van der Waals surface area contributed by atoms with Crippen LogP contribution in [0, 0.1) is 6.92 Å². The summed E-state index contributed by atoms with van der Waals surface area (Å²) in [7, 11) is 0. The van der Waals surface area contributed by atoms with Gasteiger partial charge in [0.1, 0.15) is 5.03 Å². The summed E-state index contributed by atoms with van der Waals surface area (Å²) in [5.41, 5.74) is 0.0765. The highest BCUT2D eigenvalue weighted by Gasteiger charge is 2.35. The van der Waals surface area contributed by atoms with E-state index in [0.29, 0.717) is 0 Å². The number of halogens is 5. The van der Waals surface area contributed by atoms with E-state index < -0.39 is 17.1 Å². The van der Waals surface area contributed by atoms with Gasteiger partial charge in [0.05, 0.1) is 6.20 Å². The molecule has 0 aliphatic heterocycles. The molecule has 0 unspecified atom stereocenters. The number of rotatable bonds is 2. The number of nitrogens with zero attached hydrogens (tertiary/aromatic N) is 2. The van der Waals surface area contributed by atoms with Crippen molar-refractivity contribution in [3.63, 3.8) is 0 Å². The van der Waals surface area contributed by atoms with Crippen LogP contribution in [0.15, 0.2) is 11.2 Å². The van der Waals surface area contributed by atoms with Gasteiger partial charge >= 0.3 is 6.30 Å². The number of aryl methyl sites for hydroxylation is 1. The van der Waals surface area contributed by atoms with Crippen molar-refractivity contribution in [3.8, 4) is 0 Å². The first-order chi connectivity index (χ1) is 6.32. The topological polar surface area (TPSA) is 17.8 Å². The van der Waals surface area contributed by atoms with Gasteiger partial charge in [-0.1, -0.05) is 0 Å². The van der Waals surface area contributed by atoms with Gasteiger partial charge in [0.15, 0.2) is 0 Å². The molecule has 80 valence electrons. The molecule has 0 amide bonds. The van der Waals surface area contributed by atoms with Crippen molar-refractivity contribution < 1.29 is 22.0 Å². The molecule has 1 aromatic rings. The lowest BCUT2D eigenvalue weighted by atomic mass is 10.4. The van der Waals surface area contributed by atoms with Crippen LogP contribution in [-0.4, -0.2) is 15.5 Å². The number of aromatic nitrogens is 2. The second kappa shape index (κ2) is 3.76. The molecule has 0 saturated heterocycles. The minimum Gasteiger partial charge on any atom is -0.198 e. The minimum absolute atomic E-state index is 0.0765. The first-order valence-corrected chi connectivity index (χ1v) is 4.27. The smallest absolute Gasteiger partial charge is 0.198 e. The molecule has 2 nitrogen and oxygen atoms in total. The van der Waals surface area contributed by atoms with Crippen LogP contribution in [0.1, 0.15) is 5.56 Å². The highest BCUT2D eigenvalue weighted by Crippen LogP contribution is 2.33. The zero-order valence-electron chi connectivity index (χ0n) is 6.85. The maximum absolute atomic E-state index is 12.2. The van der Waals surface area contributed by atoms with E-state index in [0.717, 1.165) is 6.20 Å². The van der Waals surface area contributed by atoms with E-state index in [-0.39, 0.29) is 22.0 Å². The van der Waals surface area contributed by atoms with Crippen molar-refractivity contribution in [2.45, 2.75) is 24.0 Å². The Bertz CT molecular complexity index is 319. The molecular formula is C6H5F5N2S. The molecule has 8 heteroatoms. The summed E-state index contributed by atoms with van der Waals surface area (Å²) in [4.78, 5) is 0. The van der Waals surface area contributed by atoms with E-state index in [9.17, 15) is 22.0 Å². The fourth-order valence-corrected chi connectivity index (χ4v) is 1.48. The Labute approximate surface area is 80.1 Å². The van der Waals surface area contributed by atoms with Crippen molar-refractivity contribution in [2.24, 2.45) is 0 Å². The predicted octanol–water partition coefficient (Wildman–Crippen LogP) is 2.98. The van der Waals surface area contributed by atoms with E-state index in [1.807, 2.05) is 0 Å². The average molecular weight is 232 g/mol. The zero-order chi connectivity index (χ0) is 10.9. The van der Waals surface area contributed by atoms with E-state index in [1.165, 1.54) is 6.92 Å². The van der Waals surface area contributed by atoms with Gasteiger partial charge in [-0.3, -0.25) is 0 Å². The molecule has 14 heavy (non-hydrogen) atoms. The molecule has 0 aliphatic rings. The van der Waals surface area contributed by atoms with E-state index in [1.54, 1.807) is 0 Å². The van der Waals surface area contributed by atoms with Gasteiger partial charge in [-0.05, 0) is 18.7 Å². The van der Waals surface area contributed by atoms with Crippen LogP contribution in [0.4, 0.5) is 22.0 Å². The summed E-state index contributed by atoms with van der Waals surface area (Å²) in [5, 5.41) is 2.40. The molecule has 0 radical (unpaired) electrons. The van der Waals surface area contributed by atoms with Crippen molar-refractivity contribution >= 4 is 11.8 Å². The highest BCUT2D eigenvalue weighted by molar-refractivity contribution is 7.99. The lowest BCUT2D eigenvalue weighted by Crippen LogP contribution is -2.19. The number of thioether (sulfide) groups is 1. The summed E-state index contributed by atoms with van der Waals surface area (Å²) in [6.07, 6.45) is -3.86. The summed E-state index contributed by atoms with van der Waals surface area (Å²) < 4.78 is 59.9. The second-order valence-electron chi connectivity index (χ2n) is 2.39. The normalized spacial score (nSPS) is 12.5. The molecule has 0 atom stereocenters. The fourth-order valence-electron chi connectivity index (χ4n) is 0.827. The molecule has 1 aromatic heterocycles. The van der Waals surface area contributed by atoms with Crippen LogP contribution in [0.2, 0.25) is 0 Å². The Morgan fingerprint density at radius 3 is 2.43 bits per heavy atom. The number of hydrogen-bond acceptors (Lipinski definition) is 2. The van der Waals surface area contributed by atoms with Crippen LogP contribution in [0.5, 0.6) is 0 Å². The van der Waals surface area contributed by atoms with Crippen LogP contribution >= 0.6 is 11.8 Å². The fraction of sp³-hybridized carbons (Fsp3) is 0.500. The molecule has 0 aromatic carbocycles. The van der Waals surface area contributed by atoms with Crippen molar-refractivity contribution in [1.29, 1.82) is 0 Å². The van der Waals surface area contributed by atoms with Gasteiger partial charge in [0, 0.05) is 5.56 Å². The summed E-state index contributed by atoms with van der Waals surface area (Å²) in [6.45, 7) is 1.29. The lowest BCUT2D eigenvalue weighted by molar-refractivity contribution is -0.217. The first kappa shape index (κ1) is 11.3. The summed E-state index contributed by atoms with van der Waals surface area (Å²) in [6, 6.07) is 0. The Kier molecular flexibility index (Phi) is 3.03. The second-order valence-corrected chi connectivity index (χ2v) is 3.37. The van der Waals surface area contributed by atoms with Crippen LogP contribution in [0.3, 0.4) is 0 Å². The average Bonchev–Trinajstić information content (AvgIpc) is 2.30. The molecule has 0 fully saturated rings. The zero-order valence-corrected chi connectivity index (χ0v) is 7.66. The quantitative estimate of drug-likeness (QED) is 0.576. The monoisotopic (exact) mass is 232 g/mol. The Morgan fingerprint density at radius 2 is 2.00 bits per heavy atom. The predicted molar refractivity (Wildman–Crippen MR) is 40.1 cm³/mol. The van der Waals surface area contributed by atoms with E-state index >= 15 is 0 Å². The molecule has 0 aliphatic carbocycles. The molecular weight excluding hydrogens is 227 g/mol. The van der Waals surface area contributed by atoms with Gasteiger partial charge in [-0.2, -0.15) is 18.6 Å². The maximum atomic E-state index is 12.2. The molecule has 1 rings (SSSR count). The third-order valence-electron chi connectivity index (χ3n) is 1.34. The number of alkyl halides is 5. The minimum atomic E-state index is -4.76. The van der Waals surface area contributed by atoms with Gasteiger partial charge < -0.3 is 0 Å². The van der Waals surface area contributed by atoms with Gasteiger partial charge in [-0.15, -0.1) is 13.2 Å². The Hall–Kier alpha value is -0.790. The van der Waals surface area contributed by atoms with Crippen molar-refractivity contribution in [2.75, 3.05) is 0 Å². The Morgan fingerprint density at radius 1 is 1.43 bits per heavy atom. The summed E-state index contributed by atoms with van der Waals surface area (Å²) in [5.74, 6) is -2.90. The first-order valence-electron chi connectivity index (χ1n) is 3.39. The van der Waals surface area contributed by atoms with Gasteiger partial charge in [0.25, 0.3) is 5.76 Å². The third kappa shape index (κ3) is 2.37. The lowest BCUT2D eigenvalue weighted by Gasteiger charge is -2.10.